The zero-order valence-electron chi connectivity index (χ0n) is 29.3. The summed E-state index contributed by atoms with van der Waals surface area (Å²) < 4.78 is 31.3. The third kappa shape index (κ3) is 6.10. The van der Waals surface area contributed by atoms with Gasteiger partial charge in [0.25, 0.3) is 0 Å². The second kappa shape index (κ2) is 12.7. The molecule has 256 valence electrons. The summed E-state index contributed by atoms with van der Waals surface area (Å²) in [5, 5.41) is 4.28. The Bertz CT molecular complexity index is 2590. The van der Waals surface area contributed by atoms with E-state index in [-0.39, 0.29) is 37.5 Å². The van der Waals surface area contributed by atoms with E-state index in [1.807, 2.05) is 36.4 Å². The van der Waals surface area contributed by atoms with E-state index in [1.54, 1.807) is 6.20 Å². The van der Waals surface area contributed by atoms with Gasteiger partial charge in [-0.05, 0) is 62.1 Å². The standard InChI is InChI=1S/C44H36F2N4.Pt/c1-43(2,3)29-14-19-39-35(24-29)34-17-18-38(48-41(34)50(39)42-33-12-8-7-11-32(33)40(49-42)44(4,5)6)28-22-26(31-16-15-30(45)25-36(31)46)21-27(23-28)37-13-9-10-20-47-37;/h7-22,24-25H,1-6H3;/q-2;+2. The number of hydrogen-bond acceptors (Lipinski definition) is 2. The van der Waals surface area contributed by atoms with Crippen LogP contribution < -0.4 is 4.98 Å². The predicted molar refractivity (Wildman–Crippen MR) is 200 cm³/mol. The summed E-state index contributed by atoms with van der Waals surface area (Å²) in [6, 6.07) is 35.6. The minimum Gasteiger partial charge on any atom is -0.438 e. The number of nitrogens with zero attached hydrogens (tertiary/aromatic N) is 4. The first kappa shape index (κ1) is 34.5. The van der Waals surface area contributed by atoms with Crippen molar-refractivity contribution in [2.24, 2.45) is 0 Å². The van der Waals surface area contributed by atoms with Gasteiger partial charge in [-0.2, -0.15) is 0 Å². The van der Waals surface area contributed by atoms with Gasteiger partial charge in [0, 0.05) is 34.6 Å². The molecule has 0 spiro atoms. The molecule has 0 N–H and O–H groups in total. The van der Waals surface area contributed by atoms with Crippen molar-refractivity contribution in [2.75, 3.05) is 0 Å². The maximum atomic E-state index is 15.2. The molecule has 0 unspecified atom stereocenters. The summed E-state index contributed by atoms with van der Waals surface area (Å²) in [6.07, 6.45) is 1.71. The smallest absolute Gasteiger partial charge is 0.438 e. The van der Waals surface area contributed by atoms with Crippen LogP contribution in [0.25, 0.3) is 72.2 Å². The fourth-order valence-electron chi connectivity index (χ4n) is 6.82. The average molecular weight is 854 g/mol. The molecular weight excluding hydrogens is 818 g/mol. The van der Waals surface area contributed by atoms with E-state index in [0.717, 1.165) is 50.3 Å². The molecule has 0 saturated carbocycles. The molecule has 0 amide bonds. The maximum Gasteiger partial charge on any atom is 2.00 e. The topological polar surface area (TPSA) is 44.8 Å². The van der Waals surface area contributed by atoms with Crippen molar-refractivity contribution in [2.45, 2.75) is 52.4 Å². The Kier molecular flexibility index (Phi) is 8.58. The van der Waals surface area contributed by atoms with Gasteiger partial charge in [0.15, 0.2) is 0 Å². The van der Waals surface area contributed by atoms with Crippen LogP contribution in [0.15, 0.2) is 109 Å². The van der Waals surface area contributed by atoms with Crippen molar-refractivity contribution in [1.82, 2.24) is 19.5 Å². The van der Waals surface area contributed by atoms with Crippen molar-refractivity contribution in [3.63, 3.8) is 0 Å². The van der Waals surface area contributed by atoms with Gasteiger partial charge in [0.1, 0.15) is 11.6 Å². The summed E-state index contributed by atoms with van der Waals surface area (Å²) in [7, 11) is 0. The van der Waals surface area contributed by atoms with Gasteiger partial charge < -0.3 is 9.55 Å². The second-order valence-corrected chi connectivity index (χ2v) is 15.0. The first-order valence-corrected chi connectivity index (χ1v) is 16.8. The summed E-state index contributed by atoms with van der Waals surface area (Å²) in [4.78, 5) is 15.2. The number of benzene rings is 4. The van der Waals surface area contributed by atoms with Crippen molar-refractivity contribution >= 4 is 32.7 Å². The number of rotatable bonds is 4. The Balaban J connectivity index is 0.00000406. The van der Waals surface area contributed by atoms with Gasteiger partial charge in [-0.3, -0.25) is 9.97 Å². The Morgan fingerprint density at radius 1 is 0.667 bits per heavy atom. The molecule has 0 saturated heterocycles. The summed E-state index contributed by atoms with van der Waals surface area (Å²) >= 11 is 0. The van der Waals surface area contributed by atoms with Crippen molar-refractivity contribution in [3.8, 4) is 39.5 Å². The Morgan fingerprint density at radius 2 is 1.39 bits per heavy atom. The fraction of sp³-hybridized carbons (Fsp3) is 0.182. The van der Waals surface area contributed by atoms with Crippen LogP contribution in [0.4, 0.5) is 8.78 Å². The van der Waals surface area contributed by atoms with Crippen LogP contribution >= 0.6 is 0 Å². The maximum absolute atomic E-state index is 15.2. The molecule has 0 radical (unpaired) electrons. The number of halogens is 2. The number of fused-ring (bicyclic) bond motifs is 4. The molecule has 51 heavy (non-hydrogen) atoms. The van der Waals surface area contributed by atoms with Gasteiger partial charge >= 0.3 is 21.1 Å². The van der Waals surface area contributed by atoms with E-state index in [1.165, 1.54) is 17.7 Å². The average Bonchev–Trinajstić information content (AvgIpc) is 3.63. The van der Waals surface area contributed by atoms with E-state index < -0.39 is 11.6 Å². The largest absolute Gasteiger partial charge is 2.00 e. The second-order valence-electron chi connectivity index (χ2n) is 15.0. The molecule has 8 aromatic rings. The molecule has 0 fully saturated rings. The fourth-order valence-corrected chi connectivity index (χ4v) is 6.82. The van der Waals surface area contributed by atoms with Crippen molar-refractivity contribution in [1.29, 1.82) is 0 Å². The van der Waals surface area contributed by atoms with Crippen LogP contribution in [0.1, 0.15) is 52.8 Å². The Morgan fingerprint density at radius 3 is 2.08 bits per heavy atom. The van der Waals surface area contributed by atoms with Crippen LogP contribution in [0.5, 0.6) is 0 Å². The van der Waals surface area contributed by atoms with Gasteiger partial charge in [-0.1, -0.05) is 131 Å². The molecule has 7 heteroatoms. The number of hydrogen-bond donors (Lipinski definition) is 0. The SMILES string of the molecule is CC(C)(C)c1ccc2c(c1)c1ccc(-c3[c-]c(-c4ccccn4)cc(-c4ccc(F)cc4F)c3)nc1n2-c1[n-]c(C(C)(C)C)c2ccccc12.[Pt+2]. The normalized spacial score (nSPS) is 12.2. The quantitative estimate of drug-likeness (QED) is 0.166. The number of pyridine rings is 2. The molecule has 0 bridgehead atoms. The third-order valence-corrected chi connectivity index (χ3v) is 9.37. The first-order valence-electron chi connectivity index (χ1n) is 16.8. The van der Waals surface area contributed by atoms with Crippen molar-refractivity contribution < 1.29 is 29.8 Å². The van der Waals surface area contributed by atoms with Crippen LogP contribution in [0.2, 0.25) is 0 Å². The molecule has 0 aliphatic carbocycles. The minimum atomic E-state index is -0.642. The van der Waals surface area contributed by atoms with Crippen molar-refractivity contribution in [3.05, 3.63) is 138 Å². The monoisotopic (exact) mass is 853 g/mol. The molecule has 4 heterocycles. The molecule has 4 aromatic heterocycles. The molecule has 0 aliphatic rings. The minimum absolute atomic E-state index is 0. The number of aromatic nitrogens is 4. The summed E-state index contributed by atoms with van der Waals surface area (Å²) in [5.74, 6) is -0.438. The first-order chi connectivity index (χ1) is 23.9. The van der Waals surface area contributed by atoms with E-state index >= 15 is 4.39 Å². The molecule has 4 nitrogen and oxygen atoms in total. The van der Waals surface area contributed by atoms with E-state index in [4.69, 9.17) is 9.97 Å². The van der Waals surface area contributed by atoms with E-state index in [0.29, 0.717) is 28.1 Å². The van der Waals surface area contributed by atoms with E-state index in [9.17, 15) is 4.39 Å². The predicted octanol–water partition coefficient (Wildman–Crippen LogP) is 11.4. The van der Waals surface area contributed by atoms with Crippen LogP contribution in [-0.4, -0.2) is 14.5 Å². The molecule has 8 rings (SSSR count). The van der Waals surface area contributed by atoms with Gasteiger partial charge in [0.2, 0.25) is 0 Å². The Labute approximate surface area is 310 Å². The van der Waals surface area contributed by atoms with Gasteiger partial charge in [-0.25, -0.2) is 8.78 Å². The van der Waals surface area contributed by atoms with Crippen LogP contribution in [0.3, 0.4) is 0 Å². The Hall–Kier alpha value is -4.93. The summed E-state index contributed by atoms with van der Waals surface area (Å²) in [5.41, 5.74) is 7.35. The van der Waals surface area contributed by atoms with Crippen LogP contribution in [0, 0.1) is 17.7 Å². The molecular formula is C44H36F2N4Pt. The van der Waals surface area contributed by atoms with Gasteiger partial charge in [0.05, 0.1) is 5.65 Å². The zero-order valence-corrected chi connectivity index (χ0v) is 31.5. The third-order valence-electron chi connectivity index (χ3n) is 9.37. The molecule has 0 aliphatic heterocycles. The molecule has 4 aromatic carbocycles. The van der Waals surface area contributed by atoms with Gasteiger partial charge in [-0.15, -0.1) is 18.2 Å². The molecule has 0 atom stereocenters. The van der Waals surface area contributed by atoms with E-state index in [2.05, 4.69) is 106 Å². The summed E-state index contributed by atoms with van der Waals surface area (Å²) in [6.45, 7) is 13.2. The zero-order chi connectivity index (χ0) is 34.9. The van der Waals surface area contributed by atoms with Crippen LogP contribution in [-0.2, 0) is 31.9 Å².